The van der Waals surface area contributed by atoms with Crippen molar-refractivity contribution < 1.29 is 9.53 Å². The molecule has 0 N–H and O–H groups in total. The van der Waals surface area contributed by atoms with E-state index in [1.54, 1.807) is 313 Å². The SMILES string of the molecule is CCCCCCCCCCCCCCCCCCOC(=O)C1C23c4c5c6c7c8c9c(c%10c%11c2c2c4c4c%12c5c5c6c6c8c8c%13c9c9c%10c%10c%11c%11c2c2c4c4c%12c%12c5c5c6c8c6c8c%13c9c9c%10c%10c%11c2c2c4c4c%12c5c6c5c8c9c%10c2c45)C713. The number of hydrogen-bond acceptors (Lipinski definition) is 2. The molecular weight excluding hydrogens is 993 g/mol. The Bertz CT molecular complexity index is 6840. The molecule has 0 saturated heterocycles. The second-order valence-electron chi connectivity index (χ2n) is 30.3. The maximum atomic E-state index is 16.6. The third-order valence-electron chi connectivity index (χ3n) is 28.7. The average Bonchev–Trinajstić information content (AvgIpc) is 1.37. The van der Waals surface area contributed by atoms with E-state index >= 15 is 4.79 Å². The van der Waals surface area contributed by atoms with Crippen molar-refractivity contribution in [3.8, 4) is 0 Å². The van der Waals surface area contributed by atoms with Crippen LogP contribution in [0.1, 0.15) is 132 Å². The fourth-order valence-electron chi connectivity index (χ4n) is 27.7. The van der Waals surface area contributed by atoms with E-state index in [4.69, 9.17) is 4.74 Å². The largest absolute Gasteiger partial charge is 0.465 e. The van der Waals surface area contributed by atoms with Gasteiger partial charge in [-0.3, -0.25) is 4.79 Å². The number of carbonyl (C=O) groups is 1. The molecule has 0 atom stereocenters. The van der Waals surface area contributed by atoms with Crippen molar-refractivity contribution in [3.63, 3.8) is 0 Å². The summed E-state index contributed by atoms with van der Waals surface area (Å²) in [6, 6.07) is 0. The summed E-state index contributed by atoms with van der Waals surface area (Å²) in [5.41, 5.74) is 5.37. The molecule has 370 valence electrons. The molecule has 2 heteroatoms. The fraction of sp³-hybridized carbons (Fsp3) is 0.263. The second kappa shape index (κ2) is 9.25. The summed E-state index contributed by atoms with van der Waals surface area (Å²) in [6.07, 6.45) is 21.5. The minimum Gasteiger partial charge on any atom is -0.465 e. The summed E-state index contributed by atoms with van der Waals surface area (Å²) in [6.45, 7) is 2.85. The Balaban J connectivity index is 0.729. The molecule has 0 radical (unpaired) electrons. The third kappa shape index (κ3) is 2.29. The molecule has 5 aliphatic rings. The van der Waals surface area contributed by atoms with Crippen LogP contribution in [-0.4, -0.2) is 12.6 Å². The molecule has 28 aromatic rings. The lowest BCUT2D eigenvalue weighted by molar-refractivity contribution is -0.146. The molecule has 28 aromatic carbocycles. The zero-order chi connectivity index (χ0) is 50.4. The van der Waals surface area contributed by atoms with Gasteiger partial charge in [0.25, 0.3) is 0 Å². The van der Waals surface area contributed by atoms with Crippen LogP contribution in [-0.2, 0) is 20.4 Å². The third-order valence-corrected chi connectivity index (χ3v) is 28.7. The van der Waals surface area contributed by atoms with E-state index in [0.29, 0.717) is 6.61 Å². The van der Waals surface area contributed by atoms with Gasteiger partial charge in [0.15, 0.2) is 0 Å². The van der Waals surface area contributed by atoms with E-state index < -0.39 is 10.8 Å². The van der Waals surface area contributed by atoms with Crippen molar-refractivity contribution in [2.45, 2.75) is 120 Å². The number of ether oxygens (including phenoxy) is 1. The van der Waals surface area contributed by atoms with Gasteiger partial charge in [0.2, 0.25) is 0 Å². The van der Waals surface area contributed by atoms with Crippen molar-refractivity contribution in [1.29, 1.82) is 0 Å². The Labute approximate surface area is 459 Å². The number of hydrogen-bond donors (Lipinski definition) is 0. The highest BCUT2D eigenvalue weighted by Gasteiger charge is 2.89. The van der Waals surface area contributed by atoms with Crippen LogP contribution in [0.2, 0.25) is 0 Å². The lowest BCUT2D eigenvalue weighted by atomic mass is 9.68. The zero-order valence-corrected chi connectivity index (χ0v) is 44.9. The summed E-state index contributed by atoms with van der Waals surface area (Å²) < 4.78 is 7.08. The van der Waals surface area contributed by atoms with Crippen LogP contribution < -0.4 is 0 Å². The highest BCUT2D eigenvalue weighted by atomic mass is 16.5. The summed E-state index contributed by atoms with van der Waals surface area (Å²) in [5, 5.41) is 86.9. The molecular formula is C80H38O2. The van der Waals surface area contributed by atoms with Gasteiger partial charge >= 0.3 is 5.97 Å². The number of esters is 1. The van der Waals surface area contributed by atoms with Crippen molar-refractivity contribution in [2.24, 2.45) is 5.92 Å². The number of rotatable bonds is 18. The molecule has 33 rings (SSSR count). The number of unbranched alkanes of at least 4 members (excludes halogenated alkanes) is 15. The molecule has 0 aromatic heterocycles. The van der Waals surface area contributed by atoms with Gasteiger partial charge in [-0.25, -0.2) is 0 Å². The summed E-state index contributed by atoms with van der Waals surface area (Å²) >= 11 is 0. The van der Waals surface area contributed by atoms with Gasteiger partial charge in [0.05, 0.1) is 23.4 Å². The number of benzene rings is 18. The monoisotopic (exact) mass is 1030 g/mol. The smallest absolute Gasteiger partial charge is 0.311 e. The van der Waals surface area contributed by atoms with Gasteiger partial charge in [0.1, 0.15) is 0 Å². The first kappa shape index (κ1) is 35.7. The van der Waals surface area contributed by atoms with E-state index in [1.165, 1.54) is 89.9 Å². The van der Waals surface area contributed by atoms with E-state index in [0.717, 1.165) is 12.8 Å². The van der Waals surface area contributed by atoms with Gasteiger partial charge in [-0.2, -0.15) is 0 Å². The zero-order valence-electron chi connectivity index (χ0n) is 44.9. The first-order valence-corrected chi connectivity index (χ1v) is 32.8. The van der Waals surface area contributed by atoms with Gasteiger partial charge in [-0.05, 0) is 320 Å². The van der Waals surface area contributed by atoms with Crippen LogP contribution >= 0.6 is 0 Å². The van der Waals surface area contributed by atoms with Crippen LogP contribution in [0.15, 0.2) is 0 Å². The quantitative estimate of drug-likeness (QED) is 0.0486. The molecule has 82 heavy (non-hydrogen) atoms. The molecule has 1 saturated carbocycles. The lowest BCUT2D eigenvalue weighted by Crippen LogP contribution is -2.27. The highest BCUT2D eigenvalue weighted by Crippen LogP contribution is 2.92. The minimum absolute atomic E-state index is 0.107. The Morgan fingerprint density at radius 1 is 0.232 bits per heavy atom. The highest BCUT2D eigenvalue weighted by molar-refractivity contribution is 6.82. The van der Waals surface area contributed by atoms with Gasteiger partial charge < -0.3 is 4.74 Å². The van der Waals surface area contributed by atoms with Gasteiger partial charge in [-0.15, -0.1) is 0 Å². The topological polar surface area (TPSA) is 26.3 Å². The molecule has 0 amide bonds. The molecule has 0 aliphatic heterocycles. The van der Waals surface area contributed by atoms with E-state index in [9.17, 15) is 0 Å². The Kier molecular flexibility index (Phi) is 4.03. The molecule has 2 nitrogen and oxygen atoms in total. The van der Waals surface area contributed by atoms with E-state index in [1.807, 2.05) is 0 Å². The van der Waals surface area contributed by atoms with Gasteiger partial charge in [0, 0.05) is 0 Å². The van der Waals surface area contributed by atoms with E-state index in [-0.39, 0.29) is 11.9 Å². The molecule has 1 fully saturated rings. The molecule has 5 aliphatic carbocycles. The maximum absolute atomic E-state index is 16.6. The minimum atomic E-state index is -0.496. The number of carbonyl (C=O) groups excluding carboxylic acids is 1. The Morgan fingerprint density at radius 2 is 0.378 bits per heavy atom. The maximum Gasteiger partial charge on any atom is 0.311 e. The van der Waals surface area contributed by atoms with Crippen LogP contribution in [0.25, 0.3) is 291 Å². The van der Waals surface area contributed by atoms with Crippen molar-refractivity contribution >= 4 is 297 Å². The summed E-state index contributed by atoms with van der Waals surface area (Å²) in [7, 11) is 0. The molecule has 2 spiro atoms. The summed E-state index contributed by atoms with van der Waals surface area (Å²) in [4.78, 5) is 16.6. The molecule has 0 heterocycles. The van der Waals surface area contributed by atoms with Crippen molar-refractivity contribution in [1.82, 2.24) is 0 Å². The van der Waals surface area contributed by atoms with Gasteiger partial charge in [-0.1, -0.05) is 103 Å². The Hall–Kier alpha value is -8.07. The van der Waals surface area contributed by atoms with Crippen LogP contribution in [0, 0.1) is 5.92 Å². The predicted molar refractivity (Wildman–Crippen MR) is 348 cm³/mol. The van der Waals surface area contributed by atoms with Crippen LogP contribution in [0.5, 0.6) is 0 Å². The second-order valence-corrected chi connectivity index (χ2v) is 30.3. The van der Waals surface area contributed by atoms with Crippen molar-refractivity contribution in [3.05, 3.63) is 22.3 Å². The molecule has 0 unspecified atom stereocenters. The van der Waals surface area contributed by atoms with Crippen molar-refractivity contribution in [2.75, 3.05) is 6.61 Å². The predicted octanol–water partition coefficient (Wildman–Crippen LogP) is 22.7. The lowest BCUT2D eigenvalue weighted by Gasteiger charge is -2.32. The molecule has 0 bridgehead atoms. The van der Waals surface area contributed by atoms with E-state index in [2.05, 4.69) is 6.92 Å². The normalized spacial score (nSPS) is 21.6. The Morgan fingerprint density at radius 3 is 0.549 bits per heavy atom. The fourth-order valence-corrected chi connectivity index (χ4v) is 27.7. The van der Waals surface area contributed by atoms with Crippen LogP contribution in [0.3, 0.4) is 0 Å². The standard InChI is InChI=1S/C80H38O2/c1-2-3-4-5-6-7-8-9-10-11-12-13-14-15-16-17-18-82-78(81)77-79-73-65-57-47-37-29-21-19-20-23-27-25(21)33-41-35(27)45-39-31(23)32-24(20)28-26-22(19)30(29)38-44-34(26)42-36(28)46-40(32)50-49(39)59-53(45)63-55(41)61(51(57)43(33)37)69(73)71(63)75-67(59)68-60(50)54(46)64-56(42)62-52(44)58(48(38)47)66(65)74(79)70(62)72(64)76(68)80(75,77)79/h77H,2-18H2,1H3. The first-order valence-electron chi connectivity index (χ1n) is 32.8. The first-order chi connectivity index (χ1) is 40.8. The summed E-state index contributed by atoms with van der Waals surface area (Å²) in [5.74, 6) is -0.175. The van der Waals surface area contributed by atoms with Crippen LogP contribution in [0.4, 0.5) is 0 Å². The average molecular weight is 1030 g/mol.